The Balaban J connectivity index is 0.000001000. The first-order valence-electron chi connectivity index (χ1n) is 3.13. The second-order valence-electron chi connectivity index (χ2n) is 2.12. The van der Waals surface area contributed by atoms with Gasteiger partial charge in [-0.2, -0.15) is 0 Å². The summed E-state index contributed by atoms with van der Waals surface area (Å²) in [7, 11) is 0. The third kappa shape index (κ3) is 2.18. The predicted octanol–water partition coefficient (Wildman–Crippen LogP) is 0.210. The van der Waals surface area contributed by atoms with E-state index in [1.807, 2.05) is 6.20 Å². The highest BCUT2D eigenvalue weighted by atomic mass is 16.3. The molecule has 0 saturated heterocycles. The van der Waals surface area contributed by atoms with E-state index in [2.05, 4.69) is 6.58 Å². The molecule has 4 nitrogen and oxygen atoms in total. The van der Waals surface area contributed by atoms with E-state index in [1.54, 1.807) is 34.8 Å². The molecule has 1 unspecified atom stereocenters. The van der Waals surface area contributed by atoms with Gasteiger partial charge in [0.05, 0.1) is 6.20 Å². The van der Waals surface area contributed by atoms with Crippen molar-refractivity contribution in [1.82, 2.24) is 4.57 Å². The third-order valence-electron chi connectivity index (χ3n) is 1.32. The molecule has 1 aromatic heterocycles. The summed E-state index contributed by atoms with van der Waals surface area (Å²) in [5, 5.41) is 9.05. The summed E-state index contributed by atoms with van der Waals surface area (Å²) in [5.41, 5.74) is 0. The first-order valence-corrected chi connectivity index (χ1v) is 3.13. The Morgan fingerprint density at radius 3 is 2.64 bits per heavy atom. The molecule has 0 amide bonds. The summed E-state index contributed by atoms with van der Waals surface area (Å²) in [6.45, 7) is 5.27. The van der Waals surface area contributed by atoms with Crippen LogP contribution in [0, 0.1) is 0 Å². The number of rotatable bonds is 2. The fraction of sp³-hybridized carbons (Fsp3) is 0.286. The van der Waals surface area contributed by atoms with Gasteiger partial charge in [0.15, 0.2) is 6.23 Å². The monoisotopic (exact) mass is 156 g/mol. The van der Waals surface area contributed by atoms with Gasteiger partial charge in [-0.05, 0) is 0 Å². The fourth-order valence-corrected chi connectivity index (χ4v) is 0.714. The standard InChI is InChI=1S/C7H11N2O.H2O/c1-3-8-4-5-9(6-8)7(2)10;/h3-7,10H,1H2,2H3;1H2/q+1;/p-1. The first-order chi connectivity index (χ1) is 4.74. The van der Waals surface area contributed by atoms with Crippen LogP contribution >= 0.6 is 0 Å². The van der Waals surface area contributed by atoms with Gasteiger partial charge in [0.1, 0.15) is 12.4 Å². The van der Waals surface area contributed by atoms with E-state index in [9.17, 15) is 0 Å². The number of hydrogen-bond acceptors (Lipinski definition) is 2. The van der Waals surface area contributed by atoms with E-state index >= 15 is 0 Å². The molecule has 0 aliphatic heterocycles. The van der Waals surface area contributed by atoms with Crippen LogP contribution < -0.4 is 4.57 Å². The molecule has 0 bridgehead atoms. The summed E-state index contributed by atoms with van der Waals surface area (Å²) in [4.78, 5) is 0. The lowest BCUT2D eigenvalue weighted by atomic mass is 10.6. The predicted molar refractivity (Wildman–Crippen MR) is 39.9 cm³/mol. The summed E-state index contributed by atoms with van der Waals surface area (Å²) in [5.74, 6) is 0. The van der Waals surface area contributed by atoms with Crippen LogP contribution in [0.4, 0.5) is 0 Å². The molecule has 0 spiro atoms. The van der Waals surface area contributed by atoms with Crippen molar-refractivity contribution in [3.05, 3.63) is 25.3 Å². The quantitative estimate of drug-likeness (QED) is 0.622. The average molecular weight is 156 g/mol. The molecule has 0 aliphatic carbocycles. The Morgan fingerprint density at radius 1 is 1.73 bits per heavy atom. The van der Waals surface area contributed by atoms with Crippen LogP contribution in [-0.4, -0.2) is 15.1 Å². The lowest BCUT2D eigenvalue weighted by Crippen LogP contribution is -2.34. The highest BCUT2D eigenvalue weighted by Gasteiger charge is 2.04. The number of hydrogen-bond donors (Lipinski definition) is 1. The smallest absolute Gasteiger partial charge is 0.250 e. The van der Waals surface area contributed by atoms with E-state index in [4.69, 9.17) is 5.11 Å². The van der Waals surface area contributed by atoms with Gasteiger partial charge in [-0.1, -0.05) is 6.58 Å². The van der Waals surface area contributed by atoms with Crippen molar-refractivity contribution >= 4 is 6.20 Å². The SMILES string of the molecule is C=Cn1cc[n+](C(C)O)c1.[OH-]. The lowest BCUT2D eigenvalue weighted by Gasteiger charge is -1.94. The molecule has 0 fully saturated rings. The summed E-state index contributed by atoms with van der Waals surface area (Å²) in [6, 6.07) is 0. The highest BCUT2D eigenvalue weighted by Crippen LogP contribution is 1.88. The van der Waals surface area contributed by atoms with E-state index in [0.717, 1.165) is 0 Å². The molecule has 62 valence electrons. The van der Waals surface area contributed by atoms with E-state index < -0.39 is 6.23 Å². The highest BCUT2D eigenvalue weighted by molar-refractivity contribution is 5.12. The van der Waals surface area contributed by atoms with Crippen LogP contribution in [0.1, 0.15) is 13.2 Å². The van der Waals surface area contributed by atoms with Crippen molar-refractivity contribution in [1.29, 1.82) is 0 Å². The Hall–Kier alpha value is -1.13. The van der Waals surface area contributed by atoms with Crippen molar-refractivity contribution in [3.63, 3.8) is 0 Å². The van der Waals surface area contributed by atoms with Crippen molar-refractivity contribution in [2.45, 2.75) is 13.2 Å². The van der Waals surface area contributed by atoms with Crippen molar-refractivity contribution < 1.29 is 15.1 Å². The fourth-order valence-electron chi connectivity index (χ4n) is 0.714. The second kappa shape index (κ2) is 3.90. The minimum Gasteiger partial charge on any atom is -0.870 e. The van der Waals surface area contributed by atoms with Crippen molar-refractivity contribution in [2.24, 2.45) is 0 Å². The van der Waals surface area contributed by atoms with Crippen molar-refractivity contribution in [2.75, 3.05) is 0 Å². The normalized spacial score (nSPS) is 11.8. The average Bonchev–Trinajstić information content (AvgIpc) is 2.34. The molecule has 4 heteroatoms. The maximum atomic E-state index is 9.05. The van der Waals surface area contributed by atoms with Crippen LogP contribution in [0.2, 0.25) is 0 Å². The van der Waals surface area contributed by atoms with Gasteiger partial charge >= 0.3 is 0 Å². The summed E-state index contributed by atoms with van der Waals surface area (Å²) in [6.07, 6.45) is 6.56. The zero-order chi connectivity index (χ0) is 7.56. The Kier molecular flexibility index (Phi) is 3.50. The van der Waals surface area contributed by atoms with Gasteiger partial charge in [0.25, 0.3) is 6.33 Å². The van der Waals surface area contributed by atoms with E-state index in [0.29, 0.717) is 0 Å². The van der Waals surface area contributed by atoms with Crippen LogP contribution in [-0.2, 0) is 0 Å². The maximum absolute atomic E-state index is 9.05. The zero-order valence-electron chi connectivity index (χ0n) is 6.38. The summed E-state index contributed by atoms with van der Waals surface area (Å²) < 4.78 is 3.45. The van der Waals surface area contributed by atoms with Gasteiger partial charge in [0, 0.05) is 6.92 Å². The first kappa shape index (κ1) is 9.87. The van der Waals surface area contributed by atoms with Gasteiger partial charge in [-0.15, -0.1) is 0 Å². The number of aromatic nitrogens is 2. The van der Waals surface area contributed by atoms with Crippen LogP contribution in [0.3, 0.4) is 0 Å². The molecule has 11 heavy (non-hydrogen) atoms. The molecule has 1 atom stereocenters. The number of aliphatic hydroxyl groups excluding tert-OH is 1. The third-order valence-corrected chi connectivity index (χ3v) is 1.32. The molecule has 0 aromatic carbocycles. The van der Waals surface area contributed by atoms with E-state index in [-0.39, 0.29) is 5.48 Å². The van der Waals surface area contributed by atoms with Crippen LogP contribution in [0.5, 0.6) is 0 Å². The Morgan fingerprint density at radius 2 is 2.36 bits per heavy atom. The summed E-state index contributed by atoms with van der Waals surface area (Å²) >= 11 is 0. The molecule has 1 rings (SSSR count). The molecule has 2 N–H and O–H groups in total. The van der Waals surface area contributed by atoms with E-state index in [1.165, 1.54) is 0 Å². The van der Waals surface area contributed by atoms with Gasteiger partial charge in [-0.3, -0.25) is 0 Å². The molecule has 0 radical (unpaired) electrons. The van der Waals surface area contributed by atoms with Crippen molar-refractivity contribution in [3.8, 4) is 0 Å². The van der Waals surface area contributed by atoms with Crippen LogP contribution in [0.25, 0.3) is 6.20 Å². The molecule has 1 aromatic rings. The molecule has 0 saturated carbocycles. The van der Waals surface area contributed by atoms with Gasteiger partial charge in [-0.25, -0.2) is 9.13 Å². The largest absolute Gasteiger partial charge is 0.870 e. The molecule has 1 heterocycles. The molecule has 0 aliphatic rings. The minimum absolute atomic E-state index is 0. The Labute approximate surface area is 65.3 Å². The minimum atomic E-state index is -0.471. The number of aliphatic hydroxyl groups is 1. The molecular formula is C7H12N2O2. The zero-order valence-corrected chi connectivity index (χ0v) is 6.38. The van der Waals surface area contributed by atoms with Gasteiger partial charge in [0.2, 0.25) is 0 Å². The second-order valence-corrected chi connectivity index (χ2v) is 2.12. The Bertz CT molecular complexity index is 230. The lowest BCUT2D eigenvalue weighted by molar-refractivity contribution is -0.755. The number of imidazole rings is 1. The topological polar surface area (TPSA) is 59.0 Å². The maximum Gasteiger partial charge on any atom is 0.250 e. The molecular weight excluding hydrogens is 144 g/mol. The van der Waals surface area contributed by atoms with Crippen LogP contribution in [0.15, 0.2) is 25.3 Å². The number of nitrogens with zero attached hydrogens (tertiary/aromatic N) is 2. The van der Waals surface area contributed by atoms with Gasteiger partial charge < -0.3 is 10.6 Å².